The molecule has 1 N–H and O–H groups in total. The molecule has 0 radical (unpaired) electrons. The Morgan fingerprint density at radius 3 is 2.83 bits per heavy atom. The lowest BCUT2D eigenvalue weighted by atomic mass is 10.1. The second-order valence-corrected chi connectivity index (χ2v) is 4.52. The Morgan fingerprint density at radius 2 is 2.00 bits per heavy atom. The third-order valence-electron chi connectivity index (χ3n) is 3.40. The summed E-state index contributed by atoms with van der Waals surface area (Å²) in [6.07, 6.45) is 0. The van der Waals surface area contributed by atoms with E-state index in [-0.39, 0.29) is 0 Å². The zero-order chi connectivity index (χ0) is 12.5. The fourth-order valence-electron chi connectivity index (χ4n) is 2.37. The van der Waals surface area contributed by atoms with Crippen LogP contribution in [0, 0.1) is 0 Å². The fourth-order valence-corrected chi connectivity index (χ4v) is 2.37. The van der Waals surface area contributed by atoms with Crippen molar-refractivity contribution in [1.82, 2.24) is 14.9 Å². The second-order valence-electron chi connectivity index (χ2n) is 4.52. The van der Waals surface area contributed by atoms with Gasteiger partial charge in [0.15, 0.2) is 0 Å². The van der Waals surface area contributed by atoms with E-state index in [1.165, 1.54) is 16.3 Å². The molecule has 92 valence electrons. The number of benzene rings is 2. The summed E-state index contributed by atoms with van der Waals surface area (Å²) in [4.78, 5) is 4.78. The Kier molecular flexibility index (Phi) is 2.76. The Balaban J connectivity index is 2.25. The van der Waals surface area contributed by atoms with Crippen molar-refractivity contribution in [3.63, 3.8) is 0 Å². The van der Waals surface area contributed by atoms with Crippen LogP contribution in [0.4, 0.5) is 0 Å². The quantitative estimate of drug-likeness (QED) is 0.761. The topological polar surface area (TPSA) is 29.9 Å². The zero-order valence-corrected chi connectivity index (χ0v) is 10.8. The van der Waals surface area contributed by atoms with Crippen molar-refractivity contribution in [2.75, 3.05) is 6.54 Å². The maximum absolute atomic E-state index is 4.78. The molecule has 3 heteroatoms. The highest BCUT2D eigenvalue weighted by Crippen LogP contribution is 2.24. The Morgan fingerprint density at radius 1 is 1.17 bits per heavy atom. The summed E-state index contributed by atoms with van der Waals surface area (Å²) < 4.78 is 2.17. The minimum absolute atomic E-state index is 0.815. The normalized spacial score (nSPS) is 11.4. The van der Waals surface area contributed by atoms with Gasteiger partial charge in [-0.05, 0) is 18.0 Å². The molecule has 3 aromatic rings. The Labute approximate surface area is 106 Å². The standard InChI is InChI=1S/C15H17N3/c1-3-16-10-14-17-15-12-7-5-4-6-11(12)8-9-13(15)18(14)2/h4-9,16H,3,10H2,1-2H3. The average Bonchev–Trinajstić information content (AvgIpc) is 2.74. The van der Waals surface area contributed by atoms with Gasteiger partial charge in [0, 0.05) is 12.4 Å². The van der Waals surface area contributed by atoms with Crippen molar-refractivity contribution in [3.8, 4) is 0 Å². The van der Waals surface area contributed by atoms with Crippen LogP contribution in [0.15, 0.2) is 36.4 Å². The van der Waals surface area contributed by atoms with E-state index in [9.17, 15) is 0 Å². The van der Waals surface area contributed by atoms with Crippen LogP contribution < -0.4 is 5.32 Å². The summed E-state index contributed by atoms with van der Waals surface area (Å²) >= 11 is 0. The van der Waals surface area contributed by atoms with Crippen molar-refractivity contribution in [2.24, 2.45) is 7.05 Å². The summed E-state index contributed by atoms with van der Waals surface area (Å²) in [5.41, 5.74) is 2.30. The summed E-state index contributed by atoms with van der Waals surface area (Å²) in [5, 5.41) is 5.81. The van der Waals surface area contributed by atoms with Crippen molar-refractivity contribution in [3.05, 3.63) is 42.2 Å². The van der Waals surface area contributed by atoms with E-state index in [1.54, 1.807) is 0 Å². The first-order valence-electron chi connectivity index (χ1n) is 6.35. The van der Waals surface area contributed by atoms with Gasteiger partial charge >= 0.3 is 0 Å². The van der Waals surface area contributed by atoms with Crippen LogP contribution in [0.3, 0.4) is 0 Å². The van der Waals surface area contributed by atoms with Crippen molar-refractivity contribution in [2.45, 2.75) is 13.5 Å². The van der Waals surface area contributed by atoms with E-state index in [1.807, 2.05) is 0 Å². The van der Waals surface area contributed by atoms with Crippen LogP contribution in [0.25, 0.3) is 21.8 Å². The van der Waals surface area contributed by atoms with Gasteiger partial charge in [0.2, 0.25) is 0 Å². The largest absolute Gasteiger partial charge is 0.330 e. The molecular formula is C15H17N3. The molecule has 0 amide bonds. The van der Waals surface area contributed by atoms with Gasteiger partial charge < -0.3 is 9.88 Å². The molecule has 1 heterocycles. The molecule has 3 rings (SSSR count). The molecule has 3 nitrogen and oxygen atoms in total. The number of hydrogen-bond donors (Lipinski definition) is 1. The summed E-state index contributed by atoms with van der Waals surface area (Å²) in [6.45, 7) is 3.89. The van der Waals surface area contributed by atoms with Crippen LogP contribution in [-0.4, -0.2) is 16.1 Å². The van der Waals surface area contributed by atoms with Crippen LogP contribution in [0.2, 0.25) is 0 Å². The van der Waals surface area contributed by atoms with E-state index in [4.69, 9.17) is 4.98 Å². The van der Waals surface area contributed by atoms with Crippen LogP contribution in [-0.2, 0) is 13.6 Å². The lowest BCUT2D eigenvalue weighted by molar-refractivity contribution is 0.667. The van der Waals surface area contributed by atoms with Gasteiger partial charge in [0.25, 0.3) is 0 Å². The molecule has 1 aromatic heterocycles. The van der Waals surface area contributed by atoms with E-state index >= 15 is 0 Å². The molecule has 0 saturated heterocycles. The van der Waals surface area contributed by atoms with Gasteiger partial charge in [-0.3, -0.25) is 0 Å². The highest BCUT2D eigenvalue weighted by Gasteiger charge is 2.09. The Bertz CT molecular complexity index is 697. The predicted molar refractivity (Wildman–Crippen MR) is 75.6 cm³/mol. The zero-order valence-electron chi connectivity index (χ0n) is 10.8. The fraction of sp³-hybridized carbons (Fsp3) is 0.267. The first-order valence-corrected chi connectivity index (χ1v) is 6.35. The number of aromatic nitrogens is 2. The van der Waals surface area contributed by atoms with Crippen molar-refractivity contribution < 1.29 is 0 Å². The third kappa shape index (κ3) is 1.68. The lowest BCUT2D eigenvalue weighted by Crippen LogP contribution is -2.15. The maximum Gasteiger partial charge on any atom is 0.123 e. The smallest absolute Gasteiger partial charge is 0.123 e. The van der Waals surface area contributed by atoms with Gasteiger partial charge in [-0.25, -0.2) is 4.98 Å². The first kappa shape index (κ1) is 11.2. The number of hydrogen-bond acceptors (Lipinski definition) is 2. The molecule has 0 aliphatic heterocycles. The molecule has 2 aromatic carbocycles. The van der Waals surface area contributed by atoms with E-state index < -0.39 is 0 Å². The highest BCUT2D eigenvalue weighted by molar-refractivity contribution is 6.04. The number of aryl methyl sites for hydroxylation is 1. The molecule has 0 bridgehead atoms. The molecular weight excluding hydrogens is 222 g/mol. The lowest BCUT2D eigenvalue weighted by Gasteiger charge is -2.02. The molecule has 0 spiro atoms. The molecule has 0 atom stereocenters. The summed E-state index contributed by atoms with van der Waals surface area (Å²) in [7, 11) is 2.08. The molecule has 0 aliphatic rings. The SMILES string of the molecule is CCNCc1nc2c3ccccc3ccc2n1C. The van der Waals surface area contributed by atoms with Gasteiger partial charge in [0.05, 0.1) is 17.6 Å². The van der Waals surface area contributed by atoms with E-state index in [0.717, 1.165) is 24.4 Å². The van der Waals surface area contributed by atoms with E-state index in [2.05, 4.69) is 60.3 Å². The van der Waals surface area contributed by atoms with Gasteiger partial charge in [-0.2, -0.15) is 0 Å². The van der Waals surface area contributed by atoms with Gasteiger partial charge in [-0.1, -0.05) is 37.3 Å². The van der Waals surface area contributed by atoms with Gasteiger partial charge in [-0.15, -0.1) is 0 Å². The second kappa shape index (κ2) is 4.42. The first-order chi connectivity index (χ1) is 8.81. The van der Waals surface area contributed by atoms with Crippen molar-refractivity contribution >= 4 is 21.8 Å². The molecule has 0 unspecified atom stereocenters. The highest BCUT2D eigenvalue weighted by atomic mass is 15.1. The van der Waals surface area contributed by atoms with Crippen LogP contribution in [0.1, 0.15) is 12.7 Å². The number of imidazole rings is 1. The summed E-state index contributed by atoms with van der Waals surface area (Å²) in [6, 6.07) is 12.7. The molecule has 0 fully saturated rings. The number of nitrogens with one attached hydrogen (secondary N) is 1. The molecule has 0 saturated carbocycles. The van der Waals surface area contributed by atoms with Gasteiger partial charge in [0.1, 0.15) is 5.82 Å². The maximum atomic E-state index is 4.78. The monoisotopic (exact) mass is 239 g/mol. The average molecular weight is 239 g/mol. The van der Waals surface area contributed by atoms with Crippen LogP contribution >= 0.6 is 0 Å². The van der Waals surface area contributed by atoms with E-state index in [0.29, 0.717) is 0 Å². The Hall–Kier alpha value is -1.87. The predicted octanol–water partition coefficient (Wildman–Crippen LogP) is 2.84. The van der Waals surface area contributed by atoms with Crippen LogP contribution in [0.5, 0.6) is 0 Å². The minimum atomic E-state index is 0.815. The number of rotatable bonds is 3. The summed E-state index contributed by atoms with van der Waals surface area (Å²) in [5.74, 6) is 1.09. The number of fused-ring (bicyclic) bond motifs is 3. The molecule has 18 heavy (non-hydrogen) atoms. The van der Waals surface area contributed by atoms with Crippen molar-refractivity contribution in [1.29, 1.82) is 0 Å². The number of nitrogens with zero attached hydrogens (tertiary/aromatic N) is 2. The molecule has 0 aliphatic carbocycles. The minimum Gasteiger partial charge on any atom is -0.330 e. The third-order valence-corrected chi connectivity index (χ3v) is 3.40.